The first-order valence-electron chi connectivity index (χ1n) is 7.69. The second-order valence-corrected chi connectivity index (χ2v) is 5.97. The fourth-order valence-corrected chi connectivity index (χ4v) is 3.10. The minimum atomic E-state index is 0. The Balaban J connectivity index is 0.00000147. The second-order valence-electron chi connectivity index (χ2n) is 5.97. The lowest BCUT2D eigenvalue weighted by Crippen LogP contribution is -2.38. The monoisotopic (exact) mass is 299 g/mol. The molecule has 20 heavy (non-hydrogen) atoms. The van der Waals surface area contributed by atoms with Crippen molar-refractivity contribution >= 4 is 12.4 Å². The van der Waals surface area contributed by atoms with E-state index in [4.69, 9.17) is 4.52 Å². The van der Waals surface area contributed by atoms with Gasteiger partial charge in [-0.15, -0.1) is 12.4 Å². The third-order valence-corrected chi connectivity index (χ3v) is 4.44. The molecule has 1 N–H and O–H groups in total. The second kappa shape index (κ2) is 6.92. The van der Waals surface area contributed by atoms with Gasteiger partial charge in [-0.2, -0.15) is 0 Å². The Hall–Kier alpha value is -0.580. The Kier molecular flexibility index (Phi) is 5.47. The van der Waals surface area contributed by atoms with Gasteiger partial charge in [-0.3, -0.25) is 4.90 Å². The predicted octanol–water partition coefficient (Wildman–Crippen LogP) is 2.68. The van der Waals surface area contributed by atoms with E-state index >= 15 is 0 Å². The topological polar surface area (TPSA) is 41.3 Å². The number of hydrogen-bond donors (Lipinski definition) is 1. The van der Waals surface area contributed by atoms with E-state index in [1.54, 1.807) is 0 Å². The molecule has 2 aliphatic rings. The van der Waals surface area contributed by atoms with Crippen LogP contribution in [0.15, 0.2) is 4.52 Å². The maximum Gasteiger partial charge on any atom is 0.138 e. The van der Waals surface area contributed by atoms with Crippen molar-refractivity contribution in [2.24, 2.45) is 0 Å². The highest BCUT2D eigenvalue weighted by molar-refractivity contribution is 5.85. The van der Waals surface area contributed by atoms with E-state index < -0.39 is 0 Å². The fourth-order valence-electron chi connectivity index (χ4n) is 3.10. The first-order chi connectivity index (χ1) is 9.28. The van der Waals surface area contributed by atoms with Crippen molar-refractivity contribution in [3.63, 3.8) is 0 Å². The molecular formula is C15H26ClN3O. The first kappa shape index (κ1) is 15.8. The third kappa shape index (κ3) is 3.54. The molecule has 114 valence electrons. The summed E-state index contributed by atoms with van der Waals surface area (Å²) >= 11 is 0. The van der Waals surface area contributed by atoms with Gasteiger partial charge in [-0.05, 0) is 45.6 Å². The summed E-state index contributed by atoms with van der Waals surface area (Å²) in [6, 6.07) is 1.48. The van der Waals surface area contributed by atoms with Crippen LogP contribution < -0.4 is 5.32 Å². The number of hydrogen-bond acceptors (Lipinski definition) is 4. The number of nitrogens with one attached hydrogen (secondary N) is 1. The van der Waals surface area contributed by atoms with E-state index in [0.717, 1.165) is 30.5 Å². The molecule has 0 radical (unpaired) electrons. The van der Waals surface area contributed by atoms with Gasteiger partial charge in [-0.1, -0.05) is 12.1 Å². The summed E-state index contributed by atoms with van der Waals surface area (Å²) in [5.74, 6) is 1.00. The van der Waals surface area contributed by atoms with Crippen molar-refractivity contribution < 1.29 is 4.52 Å². The van der Waals surface area contributed by atoms with Gasteiger partial charge < -0.3 is 9.84 Å². The van der Waals surface area contributed by atoms with Gasteiger partial charge in [-0.25, -0.2) is 0 Å². The minimum Gasteiger partial charge on any atom is -0.361 e. The molecular weight excluding hydrogens is 274 g/mol. The average molecular weight is 300 g/mol. The molecule has 0 spiro atoms. The van der Waals surface area contributed by atoms with E-state index in [1.807, 2.05) is 6.92 Å². The number of rotatable bonds is 6. The molecule has 2 heterocycles. The van der Waals surface area contributed by atoms with Gasteiger partial charge in [0.25, 0.3) is 0 Å². The zero-order valence-corrected chi connectivity index (χ0v) is 13.3. The summed E-state index contributed by atoms with van der Waals surface area (Å²) in [4.78, 5) is 2.64. The van der Waals surface area contributed by atoms with Crippen molar-refractivity contribution in [3.05, 3.63) is 17.0 Å². The number of aryl methyl sites for hydroxylation is 2. The molecule has 1 aromatic heterocycles. The van der Waals surface area contributed by atoms with E-state index in [1.165, 1.54) is 44.3 Å². The molecule has 1 aromatic rings. The van der Waals surface area contributed by atoms with E-state index in [9.17, 15) is 0 Å². The van der Waals surface area contributed by atoms with Crippen LogP contribution in [0.3, 0.4) is 0 Å². The van der Waals surface area contributed by atoms with Gasteiger partial charge >= 0.3 is 0 Å². The van der Waals surface area contributed by atoms with Crippen LogP contribution in [-0.4, -0.2) is 35.2 Å². The van der Waals surface area contributed by atoms with Crippen LogP contribution in [0.4, 0.5) is 0 Å². The Bertz CT molecular complexity index is 425. The first-order valence-corrected chi connectivity index (χ1v) is 7.69. The molecule has 1 aliphatic heterocycles. The molecule has 3 rings (SSSR count). The van der Waals surface area contributed by atoms with Gasteiger partial charge in [0.2, 0.25) is 0 Å². The normalized spacial score (nSPS) is 22.2. The highest BCUT2D eigenvalue weighted by atomic mass is 35.5. The summed E-state index contributed by atoms with van der Waals surface area (Å²) in [6.07, 6.45) is 6.34. The summed E-state index contributed by atoms with van der Waals surface area (Å²) < 4.78 is 5.37. The molecule has 0 amide bonds. The van der Waals surface area contributed by atoms with Gasteiger partial charge in [0.05, 0.1) is 5.69 Å². The lowest BCUT2D eigenvalue weighted by Gasteiger charge is -2.25. The molecule has 0 bridgehead atoms. The van der Waals surface area contributed by atoms with Crippen LogP contribution in [0.2, 0.25) is 0 Å². The van der Waals surface area contributed by atoms with E-state index in [2.05, 4.69) is 22.3 Å². The highest BCUT2D eigenvalue weighted by Gasteiger charge is 2.32. The van der Waals surface area contributed by atoms with Gasteiger partial charge in [0.15, 0.2) is 0 Å². The summed E-state index contributed by atoms with van der Waals surface area (Å²) in [6.45, 7) is 7.58. The molecule has 5 heteroatoms. The number of halogens is 1. The standard InChI is InChI=1S/C15H25N3O.ClH/c1-3-15-14(11(2)19-17-15)10-18(13-6-7-13)9-12-5-4-8-16-12;/h12-13,16H,3-10H2,1-2H3;1H. The minimum absolute atomic E-state index is 0. The predicted molar refractivity (Wildman–Crippen MR) is 82.3 cm³/mol. The van der Waals surface area contributed by atoms with Crippen molar-refractivity contribution in [2.45, 2.75) is 64.6 Å². The zero-order valence-electron chi connectivity index (χ0n) is 12.5. The molecule has 2 fully saturated rings. The van der Waals surface area contributed by atoms with E-state index in [0.29, 0.717) is 6.04 Å². The Morgan fingerprint density at radius 1 is 1.35 bits per heavy atom. The highest BCUT2D eigenvalue weighted by Crippen LogP contribution is 2.30. The average Bonchev–Trinajstić information content (AvgIpc) is 3.03. The van der Waals surface area contributed by atoms with E-state index in [-0.39, 0.29) is 12.4 Å². The largest absolute Gasteiger partial charge is 0.361 e. The van der Waals surface area contributed by atoms with Gasteiger partial charge in [0.1, 0.15) is 5.76 Å². The van der Waals surface area contributed by atoms with Crippen LogP contribution >= 0.6 is 12.4 Å². The SMILES string of the molecule is CCc1noc(C)c1CN(CC1CCCN1)C1CC1.Cl. The van der Waals surface area contributed by atoms with Crippen molar-refractivity contribution in [1.29, 1.82) is 0 Å². The van der Waals surface area contributed by atoms with Crippen molar-refractivity contribution in [1.82, 2.24) is 15.4 Å². The molecule has 1 aliphatic carbocycles. The van der Waals surface area contributed by atoms with Crippen molar-refractivity contribution in [2.75, 3.05) is 13.1 Å². The molecule has 1 saturated heterocycles. The molecule has 1 atom stereocenters. The van der Waals surface area contributed by atoms with Gasteiger partial charge in [0, 0.05) is 30.7 Å². The van der Waals surface area contributed by atoms with Crippen LogP contribution in [0.25, 0.3) is 0 Å². The Morgan fingerprint density at radius 2 is 2.15 bits per heavy atom. The van der Waals surface area contributed by atoms with Crippen LogP contribution in [-0.2, 0) is 13.0 Å². The quantitative estimate of drug-likeness (QED) is 0.877. The molecule has 1 saturated carbocycles. The lowest BCUT2D eigenvalue weighted by atomic mass is 10.1. The fraction of sp³-hybridized carbons (Fsp3) is 0.800. The van der Waals surface area contributed by atoms with Crippen LogP contribution in [0.5, 0.6) is 0 Å². The van der Waals surface area contributed by atoms with Crippen molar-refractivity contribution in [3.8, 4) is 0 Å². The number of aromatic nitrogens is 1. The smallest absolute Gasteiger partial charge is 0.138 e. The third-order valence-electron chi connectivity index (χ3n) is 4.44. The zero-order chi connectivity index (χ0) is 13.2. The maximum atomic E-state index is 5.37. The van der Waals surface area contributed by atoms with Crippen LogP contribution in [0, 0.1) is 6.92 Å². The number of nitrogens with zero attached hydrogens (tertiary/aromatic N) is 2. The Morgan fingerprint density at radius 3 is 2.75 bits per heavy atom. The molecule has 0 aromatic carbocycles. The van der Waals surface area contributed by atoms with Crippen LogP contribution in [0.1, 0.15) is 49.6 Å². The maximum absolute atomic E-state index is 5.37. The lowest BCUT2D eigenvalue weighted by molar-refractivity contribution is 0.229. The summed E-state index contributed by atoms with van der Waals surface area (Å²) in [5.41, 5.74) is 2.47. The summed E-state index contributed by atoms with van der Waals surface area (Å²) in [7, 11) is 0. The Labute approximate surface area is 127 Å². The molecule has 1 unspecified atom stereocenters. The molecule has 4 nitrogen and oxygen atoms in total. The summed E-state index contributed by atoms with van der Waals surface area (Å²) in [5, 5.41) is 7.79.